The standard InChI is InChI=1S/C11H19N3O2S/c1-16-5-4-12-10(15)7-14-11-13-6-9(17-11)8-2-3-8/h8-9H,2-7H2,1H3,(H,12,15)(H,13,14). The van der Waals surface area contributed by atoms with Crippen LogP contribution in [0.2, 0.25) is 0 Å². The van der Waals surface area contributed by atoms with Gasteiger partial charge in [0.1, 0.15) is 0 Å². The molecule has 0 saturated heterocycles. The molecule has 0 radical (unpaired) electrons. The van der Waals surface area contributed by atoms with Gasteiger partial charge in [0.2, 0.25) is 5.91 Å². The Labute approximate surface area is 106 Å². The fraction of sp³-hybridized carbons (Fsp3) is 0.818. The van der Waals surface area contributed by atoms with Crippen molar-refractivity contribution >= 4 is 22.8 Å². The number of aliphatic imine (C=N–C) groups is 1. The van der Waals surface area contributed by atoms with Crippen LogP contribution < -0.4 is 10.6 Å². The monoisotopic (exact) mass is 257 g/mol. The lowest BCUT2D eigenvalue weighted by Crippen LogP contribution is -2.37. The molecule has 0 spiro atoms. The molecule has 2 N–H and O–H groups in total. The van der Waals surface area contributed by atoms with Crippen LogP contribution in [0.25, 0.3) is 0 Å². The molecule has 1 fully saturated rings. The van der Waals surface area contributed by atoms with Crippen LogP contribution in [-0.4, -0.2) is 49.7 Å². The minimum atomic E-state index is -0.0137. The highest BCUT2D eigenvalue weighted by Gasteiger charge is 2.35. The van der Waals surface area contributed by atoms with Crippen LogP contribution in [0.1, 0.15) is 12.8 Å². The first kappa shape index (κ1) is 12.7. The van der Waals surface area contributed by atoms with Gasteiger partial charge in [-0.2, -0.15) is 0 Å². The molecule has 2 aliphatic rings. The molecule has 2 rings (SSSR count). The predicted molar refractivity (Wildman–Crippen MR) is 69.3 cm³/mol. The molecule has 96 valence electrons. The molecule has 17 heavy (non-hydrogen) atoms. The maximum absolute atomic E-state index is 11.4. The van der Waals surface area contributed by atoms with Gasteiger partial charge in [0.25, 0.3) is 0 Å². The van der Waals surface area contributed by atoms with Gasteiger partial charge in [0.05, 0.1) is 19.7 Å². The number of carbonyl (C=O) groups excluding carboxylic acids is 1. The molecule has 1 aliphatic heterocycles. The van der Waals surface area contributed by atoms with E-state index in [4.69, 9.17) is 4.74 Å². The number of nitrogens with zero attached hydrogens (tertiary/aromatic N) is 1. The van der Waals surface area contributed by atoms with E-state index in [0.29, 0.717) is 24.9 Å². The number of rotatable bonds is 6. The minimum Gasteiger partial charge on any atom is -0.383 e. The second-order valence-corrected chi connectivity index (χ2v) is 5.56. The molecule has 1 unspecified atom stereocenters. The molecule has 5 nitrogen and oxygen atoms in total. The molecule has 1 aliphatic carbocycles. The number of carbonyl (C=O) groups is 1. The van der Waals surface area contributed by atoms with E-state index >= 15 is 0 Å². The third-order valence-electron chi connectivity index (χ3n) is 2.85. The van der Waals surface area contributed by atoms with E-state index in [1.165, 1.54) is 12.8 Å². The van der Waals surface area contributed by atoms with Crippen molar-refractivity contribution in [2.75, 3.05) is 33.4 Å². The summed E-state index contributed by atoms with van der Waals surface area (Å²) in [4.78, 5) is 15.8. The molecule has 0 bridgehead atoms. The Kier molecular flexibility index (Phi) is 4.67. The van der Waals surface area contributed by atoms with Crippen molar-refractivity contribution < 1.29 is 9.53 Å². The molecule has 6 heteroatoms. The van der Waals surface area contributed by atoms with Crippen molar-refractivity contribution in [2.24, 2.45) is 10.9 Å². The van der Waals surface area contributed by atoms with Gasteiger partial charge in [-0.05, 0) is 18.8 Å². The van der Waals surface area contributed by atoms with Crippen molar-refractivity contribution in [1.29, 1.82) is 0 Å². The Bertz CT molecular complexity index is 305. The van der Waals surface area contributed by atoms with Crippen LogP contribution in [0.3, 0.4) is 0 Å². The van der Waals surface area contributed by atoms with Gasteiger partial charge in [-0.1, -0.05) is 11.8 Å². The number of amidine groups is 1. The number of nitrogens with one attached hydrogen (secondary N) is 2. The Balaban J connectivity index is 1.57. The Morgan fingerprint density at radius 3 is 3.12 bits per heavy atom. The summed E-state index contributed by atoms with van der Waals surface area (Å²) in [5.41, 5.74) is 0. The van der Waals surface area contributed by atoms with Gasteiger partial charge < -0.3 is 15.4 Å². The maximum atomic E-state index is 11.4. The summed E-state index contributed by atoms with van der Waals surface area (Å²) >= 11 is 1.79. The second-order valence-electron chi connectivity index (χ2n) is 4.34. The molecular weight excluding hydrogens is 238 g/mol. The fourth-order valence-electron chi connectivity index (χ4n) is 1.71. The summed E-state index contributed by atoms with van der Waals surface area (Å²) in [6.45, 7) is 2.31. The summed E-state index contributed by atoms with van der Waals surface area (Å²) in [5, 5.41) is 7.41. The summed E-state index contributed by atoms with van der Waals surface area (Å²) < 4.78 is 4.85. The Morgan fingerprint density at radius 2 is 2.41 bits per heavy atom. The lowest BCUT2D eigenvalue weighted by Gasteiger charge is -2.08. The maximum Gasteiger partial charge on any atom is 0.239 e. The molecular formula is C11H19N3O2S. The number of hydrogen-bond donors (Lipinski definition) is 2. The molecule has 1 saturated carbocycles. The molecule has 1 amide bonds. The zero-order valence-electron chi connectivity index (χ0n) is 10.1. The summed E-state index contributed by atoms with van der Waals surface area (Å²) in [7, 11) is 1.62. The first-order valence-corrected chi connectivity index (χ1v) is 6.88. The zero-order valence-corrected chi connectivity index (χ0v) is 10.9. The Morgan fingerprint density at radius 1 is 1.59 bits per heavy atom. The lowest BCUT2D eigenvalue weighted by molar-refractivity contribution is -0.120. The van der Waals surface area contributed by atoms with Crippen LogP contribution in [-0.2, 0) is 9.53 Å². The number of methoxy groups -OCH3 is 1. The van der Waals surface area contributed by atoms with Crippen LogP contribution in [0.15, 0.2) is 4.99 Å². The van der Waals surface area contributed by atoms with Crippen molar-refractivity contribution in [2.45, 2.75) is 18.1 Å². The zero-order chi connectivity index (χ0) is 12.1. The van der Waals surface area contributed by atoms with Crippen LogP contribution in [0.5, 0.6) is 0 Å². The normalized spacial score (nSPS) is 23.4. The molecule has 1 heterocycles. The van der Waals surface area contributed by atoms with E-state index in [1.807, 2.05) is 0 Å². The van der Waals surface area contributed by atoms with E-state index < -0.39 is 0 Å². The van der Waals surface area contributed by atoms with E-state index in [2.05, 4.69) is 15.6 Å². The molecule has 0 aromatic carbocycles. The van der Waals surface area contributed by atoms with Crippen molar-refractivity contribution in [3.63, 3.8) is 0 Å². The summed E-state index contributed by atoms with van der Waals surface area (Å²) in [6, 6.07) is 0. The van der Waals surface area contributed by atoms with Crippen molar-refractivity contribution in [1.82, 2.24) is 10.6 Å². The summed E-state index contributed by atoms with van der Waals surface area (Å²) in [5.74, 6) is 0.846. The SMILES string of the molecule is COCCNC(=O)CNC1=NCC(C2CC2)S1. The number of ether oxygens (including phenoxy) is 1. The van der Waals surface area contributed by atoms with Gasteiger partial charge in [-0.25, -0.2) is 0 Å². The average Bonchev–Trinajstić information content (AvgIpc) is 3.07. The fourth-order valence-corrected chi connectivity index (χ4v) is 2.92. The third kappa shape index (κ3) is 4.20. The van der Waals surface area contributed by atoms with E-state index in [-0.39, 0.29) is 5.91 Å². The Hall–Kier alpha value is -0.750. The van der Waals surface area contributed by atoms with E-state index in [9.17, 15) is 4.79 Å². The highest BCUT2D eigenvalue weighted by molar-refractivity contribution is 8.14. The highest BCUT2D eigenvalue weighted by Crippen LogP contribution is 2.41. The first-order chi connectivity index (χ1) is 8.29. The molecule has 0 aromatic rings. The summed E-state index contributed by atoms with van der Waals surface area (Å²) in [6.07, 6.45) is 2.69. The highest BCUT2D eigenvalue weighted by atomic mass is 32.2. The number of hydrogen-bond acceptors (Lipinski definition) is 5. The van der Waals surface area contributed by atoms with Crippen molar-refractivity contribution in [3.8, 4) is 0 Å². The van der Waals surface area contributed by atoms with Crippen molar-refractivity contribution in [3.05, 3.63) is 0 Å². The third-order valence-corrected chi connectivity index (χ3v) is 4.19. The van der Waals surface area contributed by atoms with Crippen LogP contribution in [0.4, 0.5) is 0 Å². The predicted octanol–water partition coefficient (Wildman–Crippen LogP) is 0.220. The molecule has 0 aromatic heterocycles. The van der Waals surface area contributed by atoms with Gasteiger partial charge in [-0.3, -0.25) is 9.79 Å². The van der Waals surface area contributed by atoms with Crippen LogP contribution in [0, 0.1) is 5.92 Å². The quantitative estimate of drug-likeness (QED) is 0.668. The van der Waals surface area contributed by atoms with E-state index in [0.717, 1.165) is 17.6 Å². The van der Waals surface area contributed by atoms with Gasteiger partial charge >= 0.3 is 0 Å². The number of amides is 1. The second kappa shape index (κ2) is 6.26. The topological polar surface area (TPSA) is 62.7 Å². The number of thioether (sulfide) groups is 1. The largest absolute Gasteiger partial charge is 0.383 e. The van der Waals surface area contributed by atoms with Gasteiger partial charge in [0, 0.05) is 18.9 Å². The average molecular weight is 257 g/mol. The molecule has 1 atom stereocenters. The van der Waals surface area contributed by atoms with E-state index in [1.54, 1.807) is 18.9 Å². The van der Waals surface area contributed by atoms with Crippen LogP contribution >= 0.6 is 11.8 Å². The van der Waals surface area contributed by atoms with Gasteiger partial charge in [-0.15, -0.1) is 0 Å². The smallest absolute Gasteiger partial charge is 0.239 e. The lowest BCUT2D eigenvalue weighted by atomic mass is 10.3. The minimum absolute atomic E-state index is 0.0137. The first-order valence-electron chi connectivity index (χ1n) is 6.00. The van der Waals surface area contributed by atoms with Gasteiger partial charge in [0.15, 0.2) is 5.17 Å².